The summed E-state index contributed by atoms with van der Waals surface area (Å²) in [6, 6.07) is 9.07. The summed E-state index contributed by atoms with van der Waals surface area (Å²) in [4.78, 5) is 12.8. The first kappa shape index (κ1) is 24.2. The highest BCUT2D eigenvalue weighted by Crippen LogP contribution is 2.46. The van der Waals surface area contributed by atoms with Crippen molar-refractivity contribution in [3.63, 3.8) is 0 Å². The Hall–Kier alpha value is -2.95. The van der Waals surface area contributed by atoms with Crippen molar-refractivity contribution >= 4 is 32.6 Å². The molecule has 3 N–H and O–H groups in total. The first-order valence-corrected chi connectivity index (χ1v) is 12.8. The van der Waals surface area contributed by atoms with Crippen molar-refractivity contribution < 1.29 is 31.9 Å². The fourth-order valence-electron chi connectivity index (χ4n) is 3.87. The van der Waals surface area contributed by atoms with Crippen LogP contribution < -0.4 is 10.0 Å². The molecular formula is C24H27FN2O6S. The summed E-state index contributed by atoms with van der Waals surface area (Å²) in [6.07, 6.45) is 2.13. The average molecular weight is 491 g/mol. The number of ether oxygens (including phenoxy) is 1. The number of hydrogen-bond donors (Lipinski definition) is 3. The number of anilines is 1. The number of furan rings is 1. The smallest absolute Gasteiger partial charge is 0.255 e. The lowest BCUT2D eigenvalue weighted by Gasteiger charge is -2.13. The number of nitrogens with one attached hydrogen (secondary N) is 2. The van der Waals surface area contributed by atoms with E-state index in [0.29, 0.717) is 27.8 Å². The van der Waals surface area contributed by atoms with E-state index in [9.17, 15) is 17.6 Å². The zero-order valence-corrected chi connectivity index (χ0v) is 19.6. The highest BCUT2D eigenvalue weighted by molar-refractivity contribution is 7.92. The quantitative estimate of drug-likeness (QED) is 0.354. The third-order valence-electron chi connectivity index (χ3n) is 5.64. The van der Waals surface area contributed by atoms with Gasteiger partial charge in [0.1, 0.15) is 17.2 Å². The molecule has 34 heavy (non-hydrogen) atoms. The Kier molecular flexibility index (Phi) is 7.20. The number of rotatable bonds is 11. The zero-order chi connectivity index (χ0) is 24.3. The van der Waals surface area contributed by atoms with E-state index in [0.717, 1.165) is 18.4 Å². The minimum atomic E-state index is -3.66. The second kappa shape index (κ2) is 10.1. The Balaban J connectivity index is 1.72. The SMILES string of the molecule is CNC(=O)c1c(-c2ccc(F)cc2)oc2cc(NS(=O)(=O)CCCOCCO)c(C3CC3)cc12. The molecule has 1 fully saturated rings. The molecule has 1 heterocycles. The first-order chi connectivity index (χ1) is 16.3. The van der Waals surface area contributed by atoms with Crippen LogP contribution in [0.4, 0.5) is 10.1 Å². The van der Waals surface area contributed by atoms with Crippen molar-refractivity contribution in [1.29, 1.82) is 0 Å². The van der Waals surface area contributed by atoms with Gasteiger partial charge in [-0.2, -0.15) is 0 Å². The van der Waals surface area contributed by atoms with Crippen LogP contribution in [-0.4, -0.2) is 52.1 Å². The number of aliphatic hydroxyl groups is 1. The van der Waals surface area contributed by atoms with Crippen molar-refractivity contribution in [1.82, 2.24) is 5.32 Å². The van der Waals surface area contributed by atoms with Crippen LogP contribution in [0.5, 0.6) is 0 Å². The molecule has 0 aliphatic heterocycles. The number of aliphatic hydroxyl groups excluding tert-OH is 1. The third kappa shape index (κ3) is 5.40. The normalized spacial score (nSPS) is 13.9. The van der Waals surface area contributed by atoms with Crippen molar-refractivity contribution in [3.8, 4) is 11.3 Å². The van der Waals surface area contributed by atoms with Gasteiger partial charge in [-0.25, -0.2) is 12.8 Å². The van der Waals surface area contributed by atoms with E-state index in [1.54, 1.807) is 6.07 Å². The maximum atomic E-state index is 13.4. The van der Waals surface area contributed by atoms with Crippen LogP contribution in [-0.2, 0) is 14.8 Å². The molecule has 0 saturated heterocycles. The van der Waals surface area contributed by atoms with Crippen LogP contribution in [0, 0.1) is 5.82 Å². The van der Waals surface area contributed by atoms with Gasteiger partial charge in [0.25, 0.3) is 5.91 Å². The van der Waals surface area contributed by atoms with Crippen LogP contribution in [0.3, 0.4) is 0 Å². The van der Waals surface area contributed by atoms with Gasteiger partial charge in [0.05, 0.1) is 30.2 Å². The number of fused-ring (bicyclic) bond motifs is 1. The van der Waals surface area contributed by atoms with E-state index >= 15 is 0 Å². The number of benzene rings is 2. The summed E-state index contributed by atoms with van der Waals surface area (Å²) >= 11 is 0. The Morgan fingerprint density at radius 2 is 1.94 bits per heavy atom. The molecule has 182 valence electrons. The molecule has 10 heteroatoms. The minimum absolute atomic E-state index is 0.114. The highest BCUT2D eigenvalue weighted by atomic mass is 32.2. The number of sulfonamides is 1. The van der Waals surface area contributed by atoms with Gasteiger partial charge in [-0.3, -0.25) is 9.52 Å². The fourth-order valence-corrected chi connectivity index (χ4v) is 4.98. The van der Waals surface area contributed by atoms with Gasteiger partial charge in [0.15, 0.2) is 0 Å². The van der Waals surface area contributed by atoms with Gasteiger partial charge < -0.3 is 19.6 Å². The molecule has 8 nitrogen and oxygen atoms in total. The largest absolute Gasteiger partial charge is 0.455 e. The van der Waals surface area contributed by atoms with E-state index in [1.165, 1.54) is 31.3 Å². The van der Waals surface area contributed by atoms with Crippen LogP contribution >= 0.6 is 0 Å². The van der Waals surface area contributed by atoms with E-state index in [2.05, 4.69) is 10.0 Å². The lowest BCUT2D eigenvalue weighted by molar-refractivity contribution is 0.0931. The van der Waals surface area contributed by atoms with Crippen molar-refractivity contribution in [2.45, 2.75) is 25.2 Å². The Labute approximate surface area is 197 Å². The number of carbonyl (C=O) groups is 1. The zero-order valence-electron chi connectivity index (χ0n) is 18.8. The molecule has 1 saturated carbocycles. The van der Waals surface area contributed by atoms with E-state index in [-0.39, 0.29) is 49.6 Å². The summed E-state index contributed by atoms with van der Waals surface area (Å²) in [5.74, 6) is -0.413. The summed E-state index contributed by atoms with van der Waals surface area (Å²) in [5, 5.41) is 11.9. The fraction of sp³-hybridized carbons (Fsp3) is 0.375. The Morgan fingerprint density at radius 3 is 2.59 bits per heavy atom. The van der Waals surface area contributed by atoms with E-state index < -0.39 is 15.8 Å². The third-order valence-corrected chi connectivity index (χ3v) is 7.00. The van der Waals surface area contributed by atoms with Crippen LogP contribution in [0.15, 0.2) is 40.8 Å². The summed E-state index contributed by atoms with van der Waals surface area (Å²) in [6.45, 7) is 0.278. The van der Waals surface area contributed by atoms with Crippen LogP contribution in [0.1, 0.15) is 41.1 Å². The molecule has 0 unspecified atom stereocenters. The predicted molar refractivity (Wildman–Crippen MR) is 127 cm³/mol. The summed E-state index contributed by atoms with van der Waals surface area (Å²) < 4.78 is 52.7. The molecule has 1 aliphatic rings. The second-order valence-electron chi connectivity index (χ2n) is 8.21. The molecule has 1 aromatic heterocycles. The first-order valence-electron chi connectivity index (χ1n) is 11.1. The van der Waals surface area contributed by atoms with Crippen LogP contribution in [0.25, 0.3) is 22.3 Å². The Morgan fingerprint density at radius 1 is 1.21 bits per heavy atom. The van der Waals surface area contributed by atoms with Crippen LogP contribution in [0.2, 0.25) is 0 Å². The molecule has 0 radical (unpaired) electrons. The molecule has 0 bridgehead atoms. The maximum absolute atomic E-state index is 13.4. The number of carbonyl (C=O) groups excluding carboxylic acids is 1. The molecule has 4 rings (SSSR count). The summed E-state index contributed by atoms with van der Waals surface area (Å²) in [5.41, 5.74) is 2.44. The van der Waals surface area contributed by atoms with Crippen molar-refractivity contribution in [2.24, 2.45) is 0 Å². The van der Waals surface area contributed by atoms with Gasteiger partial charge in [-0.1, -0.05) is 0 Å². The van der Waals surface area contributed by atoms with E-state index in [4.69, 9.17) is 14.3 Å². The van der Waals surface area contributed by atoms with Gasteiger partial charge in [0, 0.05) is 30.7 Å². The van der Waals surface area contributed by atoms with E-state index in [1.807, 2.05) is 6.07 Å². The molecule has 3 aromatic rings. The number of halogens is 1. The minimum Gasteiger partial charge on any atom is -0.455 e. The highest BCUT2D eigenvalue weighted by Gasteiger charge is 2.30. The Bertz CT molecular complexity index is 1280. The van der Waals surface area contributed by atoms with Gasteiger partial charge in [-0.15, -0.1) is 0 Å². The molecule has 1 aliphatic carbocycles. The molecule has 2 aromatic carbocycles. The molecule has 0 atom stereocenters. The molecule has 0 spiro atoms. The summed E-state index contributed by atoms with van der Waals surface area (Å²) in [7, 11) is -2.14. The molecule has 1 amide bonds. The second-order valence-corrected chi connectivity index (χ2v) is 10.1. The van der Waals surface area contributed by atoms with Crippen molar-refractivity contribution in [2.75, 3.05) is 37.3 Å². The number of hydrogen-bond acceptors (Lipinski definition) is 6. The number of amides is 1. The van der Waals surface area contributed by atoms with Crippen molar-refractivity contribution in [3.05, 3.63) is 53.3 Å². The van der Waals surface area contributed by atoms with Gasteiger partial charge >= 0.3 is 0 Å². The topological polar surface area (TPSA) is 118 Å². The lowest BCUT2D eigenvalue weighted by Crippen LogP contribution is -2.19. The lowest BCUT2D eigenvalue weighted by atomic mass is 10.0. The van der Waals surface area contributed by atoms with Gasteiger partial charge in [-0.05, 0) is 61.1 Å². The van der Waals surface area contributed by atoms with Gasteiger partial charge in [0.2, 0.25) is 10.0 Å². The average Bonchev–Trinajstić information content (AvgIpc) is 3.59. The molecular weight excluding hydrogens is 463 g/mol. The monoisotopic (exact) mass is 490 g/mol. The standard InChI is InChI=1S/C24H27FN2O6S/c1-26-24(29)22-19-13-18(15-3-4-15)20(27-34(30,31)12-2-10-32-11-9-28)14-21(19)33-23(22)16-5-7-17(25)8-6-16/h5-8,13-15,27-28H,2-4,9-12H2,1H3,(H,26,29). The maximum Gasteiger partial charge on any atom is 0.255 e. The predicted octanol–water partition coefficient (Wildman–Crippen LogP) is 3.62.